The third-order valence-electron chi connectivity index (χ3n) is 2.24. The molecule has 0 aliphatic heterocycles. The molecule has 0 atom stereocenters. The van der Waals surface area contributed by atoms with Crippen LogP contribution in [0.15, 0.2) is 30.6 Å². The lowest BCUT2D eigenvalue weighted by Gasteiger charge is -2.12. The van der Waals surface area contributed by atoms with E-state index in [1.807, 2.05) is 37.6 Å². The van der Waals surface area contributed by atoms with Gasteiger partial charge in [-0.05, 0) is 18.2 Å². The zero-order chi connectivity index (χ0) is 11.4. The molecule has 0 amide bonds. The second-order valence-electron chi connectivity index (χ2n) is 3.39. The fourth-order valence-corrected chi connectivity index (χ4v) is 1.35. The monoisotopic (exact) mass is 213 g/mol. The van der Waals surface area contributed by atoms with Gasteiger partial charge in [-0.15, -0.1) is 10.2 Å². The van der Waals surface area contributed by atoms with Crippen molar-refractivity contribution in [3.63, 3.8) is 0 Å². The zero-order valence-electron chi connectivity index (χ0n) is 8.88. The van der Waals surface area contributed by atoms with Gasteiger partial charge in [0.1, 0.15) is 6.54 Å². The summed E-state index contributed by atoms with van der Waals surface area (Å²) in [4.78, 5) is 4.71. The second-order valence-corrected chi connectivity index (χ2v) is 3.39. The van der Waals surface area contributed by atoms with Gasteiger partial charge in [0.25, 0.3) is 0 Å². The van der Waals surface area contributed by atoms with Crippen LogP contribution in [0.5, 0.6) is 0 Å². The van der Waals surface area contributed by atoms with Crippen LogP contribution < -0.4 is 4.90 Å². The Morgan fingerprint density at radius 3 is 2.81 bits per heavy atom. The number of H-pyrrole nitrogens is 1. The first kappa shape index (κ1) is 10.2. The molecule has 0 fully saturated rings. The van der Waals surface area contributed by atoms with Gasteiger partial charge < -0.3 is 9.88 Å². The van der Waals surface area contributed by atoms with Gasteiger partial charge >= 0.3 is 0 Å². The molecule has 0 spiro atoms. The number of nitriles is 1. The number of anilines is 1. The molecule has 2 aromatic heterocycles. The molecule has 16 heavy (non-hydrogen) atoms. The Kier molecular flexibility index (Phi) is 2.83. The number of nitrogens with zero attached hydrogens (tertiary/aromatic N) is 4. The minimum Gasteiger partial charge on any atom is -0.367 e. The van der Waals surface area contributed by atoms with Crippen molar-refractivity contribution in [2.45, 2.75) is 0 Å². The van der Waals surface area contributed by atoms with Gasteiger partial charge in [0.05, 0.1) is 11.8 Å². The van der Waals surface area contributed by atoms with Crippen LogP contribution in [0, 0.1) is 11.3 Å². The van der Waals surface area contributed by atoms with Crippen molar-refractivity contribution in [2.24, 2.45) is 0 Å². The van der Waals surface area contributed by atoms with Crippen molar-refractivity contribution in [2.75, 3.05) is 18.5 Å². The molecule has 0 aromatic carbocycles. The number of nitrogens with one attached hydrogen (secondary N) is 1. The average molecular weight is 213 g/mol. The van der Waals surface area contributed by atoms with Gasteiger partial charge in [0.15, 0.2) is 5.82 Å². The maximum Gasteiger partial charge on any atom is 0.151 e. The molecule has 2 heterocycles. The first-order valence-electron chi connectivity index (χ1n) is 4.86. The third-order valence-corrected chi connectivity index (χ3v) is 2.24. The van der Waals surface area contributed by atoms with E-state index in [-0.39, 0.29) is 0 Å². The van der Waals surface area contributed by atoms with E-state index in [1.54, 1.807) is 4.90 Å². The summed E-state index contributed by atoms with van der Waals surface area (Å²) >= 11 is 0. The van der Waals surface area contributed by atoms with Crippen LogP contribution >= 0.6 is 0 Å². The lowest BCUT2D eigenvalue weighted by Crippen LogP contribution is -2.18. The zero-order valence-corrected chi connectivity index (χ0v) is 8.88. The van der Waals surface area contributed by atoms with Gasteiger partial charge in [-0.25, -0.2) is 0 Å². The molecule has 0 saturated heterocycles. The SMILES string of the molecule is CN(CC#N)c1ccc(-c2cc[nH]c2)nn1. The molecular formula is C11H11N5. The molecule has 0 aliphatic rings. The Morgan fingerprint density at radius 2 is 2.25 bits per heavy atom. The highest BCUT2D eigenvalue weighted by Crippen LogP contribution is 2.16. The highest BCUT2D eigenvalue weighted by atomic mass is 15.2. The van der Waals surface area contributed by atoms with Gasteiger partial charge in [-0.3, -0.25) is 0 Å². The normalized spacial score (nSPS) is 9.75. The topological polar surface area (TPSA) is 68.6 Å². The van der Waals surface area contributed by atoms with Crippen molar-refractivity contribution < 1.29 is 0 Å². The predicted octanol–water partition coefficient (Wildman–Crippen LogP) is 1.43. The van der Waals surface area contributed by atoms with E-state index >= 15 is 0 Å². The second kappa shape index (κ2) is 4.45. The van der Waals surface area contributed by atoms with Crippen LogP contribution in [-0.2, 0) is 0 Å². The summed E-state index contributed by atoms with van der Waals surface area (Å²) in [5.74, 6) is 0.695. The standard InChI is InChI=1S/C11H11N5/c1-16(7-5-12)11-3-2-10(14-15-11)9-4-6-13-8-9/h2-4,6,8,13H,7H2,1H3. The highest BCUT2D eigenvalue weighted by molar-refractivity contribution is 5.58. The van der Waals surface area contributed by atoms with E-state index in [4.69, 9.17) is 5.26 Å². The van der Waals surface area contributed by atoms with E-state index in [2.05, 4.69) is 21.3 Å². The van der Waals surface area contributed by atoms with Crippen LogP contribution in [0.25, 0.3) is 11.3 Å². The van der Waals surface area contributed by atoms with E-state index in [1.165, 1.54) is 0 Å². The maximum absolute atomic E-state index is 8.56. The largest absolute Gasteiger partial charge is 0.367 e. The highest BCUT2D eigenvalue weighted by Gasteiger charge is 2.04. The first-order chi connectivity index (χ1) is 7.81. The Labute approximate surface area is 93.4 Å². The average Bonchev–Trinajstić information content (AvgIpc) is 2.83. The summed E-state index contributed by atoms with van der Waals surface area (Å²) in [5, 5.41) is 16.7. The molecule has 0 unspecified atom stereocenters. The van der Waals surface area contributed by atoms with Gasteiger partial charge in [0.2, 0.25) is 0 Å². The molecule has 2 rings (SSSR count). The Hall–Kier alpha value is -2.35. The van der Waals surface area contributed by atoms with Crippen molar-refractivity contribution in [1.82, 2.24) is 15.2 Å². The molecule has 0 radical (unpaired) electrons. The Bertz CT molecular complexity index is 480. The lowest BCUT2D eigenvalue weighted by atomic mass is 10.2. The number of aromatic nitrogens is 3. The minimum atomic E-state index is 0.304. The fraction of sp³-hybridized carbons (Fsp3) is 0.182. The molecule has 2 aromatic rings. The molecule has 0 bridgehead atoms. The van der Waals surface area contributed by atoms with Crippen molar-refractivity contribution in [3.8, 4) is 17.3 Å². The summed E-state index contributed by atoms with van der Waals surface area (Å²) in [6.45, 7) is 0.304. The third kappa shape index (κ3) is 2.01. The molecule has 5 nitrogen and oxygen atoms in total. The van der Waals surface area contributed by atoms with Gasteiger partial charge in [0, 0.05) is 25.0 Å². The van der Waals surface area contributed by atoms with Crippen LogP contribution in [0.2, 0.25) is 0 Å². The van der Waals surface area contributed by atoms with Crippen LogP contribution in [-0.4, -0.2) is 28.8 Å². The van der Waals surface area contributed by atoms with Crippen molar-refractivity contribution >= 4 is 5.82 Å². The van der Waals surface area contributed by atoms with E-state index in [0.717, 1.165) is 11.3 Å². The van der Waals surface area contributed by atoms with Crippen LogP contribution in [0.3, 0.4) is 0 Å². The maximum atomic E-state index is 8.56. The fourth-order valence-electron chi connectivity index (χ4n) is 1.35. The summed E-state index contributed by atoms with van der Waals surface area (Å²) in [6, 6.07) is 7.74. The summed E-state index contributed by atoms with van der Waals surface area (Å²) < 4.78 is 0. The molecule has 0 aliphatic carbocycles. The van der Waals surface area contributed by atoms with E-state index in [0.29, 0.717) is 12.4 Å². The number of aromatic amines is 1. The number of hydrogen-bond donors (Lipinski definition) is 1. The molecule has 5 heteroatoms. The first-order valence-corrected chi connectivity index (χ1v) is 4.86. The molecular weight excluding hydrogens is 202 g/mol. The Morgan fingerprint density at radius 1 is 1.38 bits per heavy atom. The number of rotatable bonds is 3. The molecule has 1 N–H and O–H groups in total. The van der Waals surface area contributed by atoms with Gasteiger partial charge in [-0.1, -0.05) is 0 Å². The number of hydrogen-bond acceptors (Lipinski definition) is 4. The quantitative estimate of drug-likeness (QED) is 0.783. The van der Waals surface area contributed by atoms with E-state index < -0.39 is 0 Å². The Balaban J connectivity index is 2.20. The van der Waals surface area contributed by atoms with Crippen LogP contribution in [0.1, 0.15) is 0 Å². The summed E-state index contributed by atoms with van der Waals surface area (Å²) in [6.07, 6.45) is 3.70. The van der Waals surface area contributed by atoms with Gasteiger partial charge in [-0.2, -0.15) is 5.26 Å². The van der Waals surface area contributed by atoms with Crippen molar-refractivity contribution in [1.29, 1.82) is 5.26 Å². The summed E-state index contributed by atoms with van der Waals surface area (Å²) in [7, 11) is 1.81. The predicted molar refractivity (Wildman–Crippen MR) is 60.7 cm³/mol. The van der Waals surface area contributed by atoms with Crippen LogP contribution in [0.4, 0.5) is 5.82 Å². The summed E-state index contributed by atoms with van der Waals surface area (Å²) in [5.41, 5.74) is 1.82. The molecule has 80 valence electrons. The smallest absolute Gasteiger partial charge is 0.151 e. The minimum absolute atomic E-state index is 0.304. The van der Waals surface area contributed by atoms with Crippen molar-refractivity contribution in [3.05, 3.63) is 30.6 Å². The lowest BCUT2D eigenvalue weighted by molar-refractivity contribution is 0.934. The van der Waals surface area contributed by atoms with E-state index in [9.17, 15) is 0 Å². The molecule has 0 saturated carbocycles.